The van der Waals surface area contributed by atoms with Crippen LogP contribution >= 0.6 is 0 Å². The van der Waals surface area contributed by atoms with Gasteiger partial charge in [-0.3, -0.25) is 14.5 Å². The Morgan fingerprint density at radius 1 is 0.879 bits per heavy atom. The molecule has 1 atom stereocenters. The molecular weight excluding hydrogens is 410 g/mol. The maximum absolute atomic E-state index is 12.9. The maximum atomic E-state index is 12.9. The lowest BCUT2D eigenvalue weighted by molar-refractivity contribution is 0.0952. The van der Waals surface area contributed by atoms with Crippen LogP contribution in [0.1, 0.15) is 51.6 Å². The van der Waals surface area contributed by atoms with E-state index in [1.165, 1.54) is 18.4 Å². The van der Waals surface area contributed by atoms with Crippen LogP contribution in [0.3, 0.4) is 0 Å². The second-order valence-electron chi connectivity index (χ2n) is 8.85. The van der Waals surface area contributed by atoms with Crippen molar-refractivity contribution in [1.29, 1.82) is 0 Å². The summed E-state index contributed by atoms with van der Waals surface area (Å²) in [5.74, 6) is 0.297. The van der Waals surface area contributed by atoms with Crippen molar-refractivity contribution in [3.8, 4) is 0 Å². The molecule has 1 aliphatic rings. The van der Waals surface area contributed by atoms with Gasteiger partial charge >= 0.3 is 0 Å². The highest BCUT2D eigenvalue weighted by molar-refractivity contribution is 6.09. The molecule has 170 valence electrons. The number of amides is 2. The number of nitrogens with zero attached hydrogens (tertiary/aromatic N) is 1. The topological polar surface area (TPSA) is 61.4 Å². The van der Waals surface area contributed by atoms with Gasteiger partial charge in [0.05, 0.1) is 11.3 Å². The summed E-state index contributed by atoms with van der Waals surface area (Å²) in [6.07, 6.45) is 2.56. The van der Waals surface area contributed by atoms with Crippen LogP contribution in [0.25, 0.3) is 0 Å². The third kappa shape index (κ3) is 6.30. The van der Waals surface area contributed by atoms with Crippen LogP contribution < -0.4 is 10.6 Å². The summed E-state index contributed by atoms with van der Waals surface area (Å²) in [6.45, 7) is 5.91. The number of piperidine rings is 1. The number of rotatable bonds is 7. The average molecular weight is 442 g/mol. The molecule has 2 amide bonds. The zero-order valence-corrected chi connectivity index (χ0v) is 19.1. The molecule has 0 aromatic heterocycles. The molecule has 4 rings (SSSR count). The van der Waals surface area contributed by atoms with Gasteiger partial charge in [-0.2, -0.15) is 0 Å². The first-order valence-electron chi connectivity index (χ1n) is 11.6. The summed E-state index contributed by atoms with van der Waals surface area (Å²) in [4.78, 5) is 28.1. The zero-order chi connectivity index (χ0) is 23.0. The Balaban J connectivity index is 1.37. The molecule has 1 fully saturated rings. The molecule has 1 heterocycles. The van der Waals surface area contributed by atoms with E-state index in [-0.39, 0.29) is 11.8 Å². The second kappa shape index (κ2) is 10.9. The van der Waals surface area contributed by atoms with Crippen molar-refractivity contribution >= 4 is 17.5 Å². The predicted octanol–water partition coefficient (Wildman–Crippen LogP) is 5.10. The zero-order valence-electron chi connectivity index (χ0n) is 19.1. The van der Waals surface area contributed by atoms with Gasteiger partial charge in [0.25, 0.3) is 11.8 Å². The van der Waals surface area contributed by atoms with Crippen LogP contribution in [-0.2, 0) is 13.1 Å². The van der Waals surface area contributed by atoms with E-state index in [0.717, 1.165) is 31.1 Å². The second-order valence-corrected chi connectivity index (χ2v) is 8.85. The lowest BCUT2D eigenvalue weighted by Crippen LogP contribution is -2.33. The number of carbonyl (C=O) groups is 2. The van der Waals surface area contributed by atoms with Crippen molar-refractivity contribution in [3.05, 3.63) is 101 Å². The van der Waals surface area contributed by atoms with E-state index in [2.05, 4.69) is 22.5 Å². The molecule has 1 aliphatic heterocycles. The molecule has 0 spiro atoms. The number of anilines is 1. The third-order valence-corrected chi connectivity index (χ3v) is 6.08. The standard InChI is InChI=1S/C28H31N3O2/c1-21-8-7-17-31(19-21)20-23-13-15-24(16-14-23)27(32)30-26-12-6-5-11-25(26)28(33)29-18-22-9-3-2-4-10-22/h2-6,9-16,21H,7-8,17-20H2,1H3,(H,29,33)(H,30,32)/t21-/m1/s1. The summed E-state index contributed by atoms with van der Waals surface area (Å²) < 4.78 is 0. The highest BCUT2D eigenvalue weighted by Gasteiger charge is 2.17. The Bertz CT molecular complexity index is 1080. The number of hydrogen-bond acceptors (Lipinski definition) is 3. The van der Waals surface area contributed by atoms with Crippen molar-refractivity contribution in [2.75, 3.05) is 18.4 Å². The third-order valence-electron chi connectivity index (χ3n) is 6.08. The van der Waals surface area contributed by atoms with E-state index >= 15 is 0 Å². The molecule has 1 saturated heterocycles. The van der Waals surface area contributed by atoms with Gasteiger partial charge in [-0.15, -0.1) is 0 Å². The molecule has 3 aromatic rings. The van der Waals surface area contributed by atoms with Crippen molar-refractivity contribution in [2.24, 2.45) is 5.92 Å². The molecule has 0 unspecified atom stereocenters. The molecule has 33 heavy (non-hydrogen) atoms. The minimum absolute atomic E-state index is 0.221. The lowest BCUT2D eigenvalue weighted by atomic mass is 9.99. The fourth-order valence-corrected chi connectivity index (χ4v) is 4.31. The van der Waals surface area contributed by atoms with Crippen LogP contribution in [0.5, 0.6) is 0 Å². The normalized spacial score (nSPS) is 16.2. The number of hydrogen-bond donors (Lipinski definition) is 2. The highest BCUT2D eigenvalue weighted by atomic mass is 16.2. The summed E-state index contributed by atoms with van der Waals surface area (Å²) >= 11 is 0. The van der Waals surface area contributed by atoms with Gasteiger partial charge in [0.15, 0.2) is 0 Å². The fraction of sp³-hybridized carbons (Fsp3) is 0.286. The highest BCUT2D eigenvalue weighted by Crippen LogP contribution is 2.19. The first-order valence-corrected chi connectivity index (χ1v) is 11.6. The van der Waals surface area contributed by atoms with Gasteiger partial charge in [-0.1, -0.05) is 61.5 Å². The van der Waals surface area contributed by atoms with Crippen LogP contribution in [0, 0.1) is 5.92 Å². The SMILES string of the molecule is C[C@@H]1CCCN(Cc2ccc(C(=O)Nc3ccccc3C(=O)NCc3ccccc3)cc2)C1. The average Bonchev–Trinajstić information content (AvgIpc) is 2.84. The van der Waals surface area contributed by atoms with Crippen molar-refractivity contribution in [2.45, 2.75) is 32.9 Å². The quantitative estimate of drug-likeness (QED) is 0.536. The molecule has 5 heteroatoms. The van der Waals surface area contributed by atoms with E-state index in [1.54, 1.807) is 18.2 Å². The molecular formula is C28H31N3O2. The largest absolute Gasteiger partial charge is 0.348 e. The monoisotopic (exact) mass is 441 g/mol. The van der Waals surface area contributed by atoms with Crippen molar-refractivity contribution < 1.29 is 9.59 Å². The first-order chi connectivity index (χ1) is 16.1. The molecule has 0 radical (unpaired) electrons. The Kier molecular flexibility index (Phi) is 7.53. The molecule has 0 saturated carbocycles. The molecule has 5 nitrogen and oxygen atoms in total. The Morgan fingerprint density at radius 3 is 2.36 bits per heavy atom. The van der Waals surface area contributed by atoms with E-state index in [4.69, 9.17) is 0 Å². The fourth-order valence-electron chi connectivity index (χ4n) is 4.31. The van der Waals surface area contributed by atoms with E-state index < -0.39 is 0 Å². The molecule has 3 aromatic carbocycles. The minimum Gasteiger partial charge on any atom is -0.348 e. The number of likely N-dealkylation sites (tertiary alicyclic amines) is 1. The Labute approximate surface area is 195 Å². The van der Waals surface area contributed by atoms with Gasteiger partial charge in [-0.05, 0) is 60.7 Å². The summed E-state index contributed by atoms with van der Waals surface area (Å²) in [6, 6.07) is 24.6. The van der Waals surface area contributed by atoms with Crippen LogP contribution in [0.2, 0.25) is 0 Å². The van der Waals surface area contributed by atoms with E-state index in [1.807, 2.05) is 60.7 Å². The number of nitrogens with one attached hydrogen (secondary N) is 2. The Morgan fingerprint density at radius 2 is 1.61 bits per heavy atom. The lowest BCUT2D eigenvalue weighted by Gasteiger charge is -2.30. The molecule has 2 N–H and O–H groups in total. The van der Waals surface area contributed by atoms with Gasteiger partial charge < -0.3 is 10.6 Å². The first kappa shape index (κ1) is 22.7. The summed E-state index contributed by atoms with van der Waals surface area (Å²) in [5.41, 5.74) is 3.75. The molecule has 0 bridgehead atoms. The molecule has 0 aliphatic carbocycles. The summed E-state index contributed by atoms with van der Waals surface area (Å²) in [5, 5.41) is 5.83. The van der Waals surface area contributed by atoms with Crippen LogP contribution in [-0.4, -0.2) is 29.8 Å². The number of carbonyl (C=O) groups excluding carboxylic acids is 2. The number of benzene rings is 3. The van der Waals surface area contributed by atoms with E-state index in [9.17, 15) is 9.59 Å². The van der Waals surface area contributed by atoms with Gasteiger partial charge in [0, 0.05) is 25.2 Å². The Hall–Kier alpha value is -3.44. The maximum Gasteiger partial charge on any atom is 0.255 e. The summed E-state index contributed by atoms with van der Waals surface area (Å²) in [7, 11) is 0. The van der Waals surface area contributed by atoms with E-state index in [0.29, 0.717) is 23.4 Å². The van der Waals surface area contributed by atoms with Gasteiger partial charge in [-0.25, -0.2) is 0 Å². The number of para-hydroxylation sites is 1. The predicted molar refractivity (Wildman–Crippen MR) is 132 cm³/mol. The van der Waals surface area contributed by atoms with Crippen molar-refractivity contribution in [1.82, 2.24) is 10.2 Å². The smallest absolute Gasteiger partial charge is 0.255 e. The minimum atomic E-state index is -0.226. The van der Waals surface area contributed by atoms with Crippen LogP contribution in [0.15, 0.2) is 78.9 Å². The van der Waals surface area contributed by atoms with Crippen LogP contribution in [0.4, 0.5) is 5.69 Å². The van der Waals surface area contributed by atoms with Crippen molar-refractivity contribution in [3.63, 3.8) is 0 Å². The van der Waals surface area contributed by atoms with Gasteiger partial charge in [0.1, 0.15) is 0 Å². The van der Waals surface area contributed by atoms with Gasteiger partial charge in [0.2, 0.25) is 0 Å².